The molecule has 25 valence electrons. The Kier molecular flexibility index (Phi) is 2.86. The van der Waals surface area contributed by atoms with Gasteiger partial charge in [-0.2, -0.15) is 0 Å². The van der Waals surface area contributed by atoms with Crippen LogP contribution in [0.5, 0.6) is 0 Å². The van der Waals surface area contributed by atoms with Crippen LogP contribution in [0.2, 0.25) is 0 Å². The Bertz CT molecular complexity index is 8.00. The minimum atomic E-state index is 1.12. The standard InChI is InChI=1S/C2H6NO/c1-4-2-3/h2H,3H2,1H3. The van der Waals surface area contributed by atoms with Gasteiger partial charge in [0.15, 0.2) is 0 Å². The Morgan fingerprint density at radius 2 is 2.25 bits per heavy atom. The summed E-state index contributed by atoms with van der Waals surface area (Å²) in [7, 11) is 1.50. The van der Waals surface area contributed by atoms with Gasteiger partial charge in [-0.3, -0.25) is 0 Å². The molecule has 0 spiro atoms. The van der Waals surface area contributed by atoms with Crippen molar-refractivity contribution in [1.29, 1.82) is 0 Å². The van der Waals surface area contributed by atoms with Crippen molar-refractivity contribution in [3.63, 3.8) is 0 Å². The van der Waals surface area contributed by atoms with Crippen molar-refractivity contribution in [2.24, 2.45) is 5.73 Å². The predicted octanol–water partition coefficient (Wildman–Crippen LogP) is -0.289. The fraction of sp³-hybridized carbons (Fsp3) is 0.500. The number of hydrogen-bond donors (Lipinski definition) is 1. The van der Waals surface area contributed by atoms with Gasteiger partial charge in [-0.25, -0.2) is 0 Å². The molecule has 0 bridgehead atoms. The molecule has 0 aliphatic carbocycles. The summed E-state index contributed by atoms with van der Waals surface area (Å²) in [5.74, 6) is 0. The lowest BCUT2D eigenvalue weighted by Gasteiger charge is -1.75. The first kappa shape index (κ1) is 3.92. The molecule has 2 nitrogen and oxygen atoms in total. The van der Waals surface area contributed by atoms with Gasteiger partial charge in [-0.05, 0) is 0 Å². The Hall–Kier alpha value is -0.0800. The van der Waals surface area contributed by atoms with Crippen molar-refractivity contribution >= 4 is 0 Å². The Labute approximate surface area is 25.6 Å². The highest BCUT2D eigenvalue weighted by Crippen LogP contribution is 1.50. The van der Waals surface area contributed by atoms with E-state index in [-0.39, 0.29) is 0 Å². The number of nitrogens with two attached hydrogens (primary N) is 1. The highest BCUT2D eigenvalue weighted by molar-refractivity contribution is 4.18. The predicted molar refractivity (Wildman–Crippen MR) is 15.5 cm³/mol. The van der Waals surface area contributed by atoms with Gasteiger partial charge in [0.25, 0.3) is 0 Å². The van der Waals surface area contributed by atoms with Crippen LogP contribution in [-0.2, 0) is 4.74 Å². The third kappa shape index (κ3) is 1.92. The van der Waals surface area contributed by atoms with E-state index < -0.39 is 0 Å². The summed E-state index contributed by atoms with van der Waals surface area (Å²) in [6.45, 7) is 1.12. The van der Waals surface area contributed by atoms with Crippen LogP contribution < -0.4 is 5.73 Å². The molecule has 0 amide bonds. The summed E-state index contributed by atoms with van der Waals surface area (Å²) in [5, 5.41) is 0. The Morgan fingerprint density at radius 1 is 2.00 bits per heavy atom. The molecule has 1 radical (unpaired) electrons. The van der Waals surface area contributed by atoms with Crippen molar-refractivity contribution < 1.29 is 4.74 Å². The largest absolute Gasteiger partial charge is 0.363 e. The molecule has 0 heterocycles. The summed E-state index contributed by atoms with van der Waals surface area (Å²) in [4.78, 5) is 0. The van der Waals surface area contributed by atoms with E-state index in [0.29, 0.717) is 0 Å². The van der Waals surface area contributed by atoms with Crippen LogP contribution in [0.4, 0.5) is 0 Å². The molecule has 0 atom stereocenters. The molecule has 0 aromatic carbocycles. The summed E-state index contributed by atoms with van der Waals surface area (Å²) in [6.07, 6.45) is 0. The zero-order valence-corrected chi connectivity index (χ0v) is 2.56. The summed E-state index contributed by atoms with van der Waals surface area (Å²) in [5.41, 5.74) is 4.68. The van der Waals surface area contributed by atoms with E-state index in [1.165, 1.54) is 7.11 Å². The maximum atomic E-state index is 4.68. The molecule has 0 aliphatic heterocycles. The average Bonchev–Trinajstić information content (AvgIpc) is 1.37. The highest BCUT2D eigenvalue weighted by Gasteiger charge is 1.52. The number of methoxy groups -OCH3 is 1. The van der Waals surface area contributed by atoms with Gasteiger partial charge in [0.05, 0.1) is 0 Å². The Morgan fingerprint density at radius 3 is 2.25 bits per heavy atom. The van der Waals surface area contributed by atoms with Crippen molar-refractivity contribution in [3.05, 3.63) is 6.73 Å². The van der Waals surface area contributed by atoms with E-state index in [2.05, 4.69) is 10.5 Å². The quantitative estimate of drug-likeness (QED) is 0.451. The van der Waals surface area contributed by atoms with Crippen LogP contribution >= 0.6 is 0 Å². The first-order chi connectivity index (χ1) is 1.91. The van der Waals surface area contributed by atoms with E-state index in [0.717, 1.165) is 6.73 Å². The minimum Gasteiger partial charge on any atom is -0.363 e. The Balaban J connectivity index is 1.97. The van der Waals surface area contributed by atoms with Crippen LogP contribution in [0.3, 0.4) is 0 Å². The van der Waals surface area contributed by atoms with E-state index in [9.17, 15) is 0 Å². The van der Waals surface area contributed by atoms with Crippen LogP contribution in [-0.4, -0.2) is 7.11 Å². The van der Waals surface area contributed by atoms with Gasteiger partial charge in [-0.1, -0.05) is 0 Å². The SMILES string of the molecule is CO[CH]N. The maximum Gasteiger partial charge on any atom is 0.145 e. The minimum absolute atomic E-state index is 1.12. The van der Waals surface area contributed by atoms with Gasteiger partial charge in [0, 0.05) is 7.11 Å². The van der Waals surface area contributed by atoms with Crippen molar-refractivity contribution in [1.82, 2.24) is 0 Å². The first-order valence-electron chi connectivity index (χ1n) is 0.977. The van der Waals surface area contributed by atoms with Gasteiger partial charge < -0.3 is 10.5 Å². The molecule has 2 N–H and O–H groups in total. The third-order valence-electron chi connectivity index (χ3n) is 0.136. The second-order valence-electron chi connectivity index (χ2n) is 0.372. The van der Waals surface area contributed by atoms with E-state index >= 15 is 0 Å². The third-order valence-corrected chi connectivity index (χ3v) is 0.136. The van der Waals surface area contributed by atoms with Crippen LogP contribution in [0.1, 0.15) is 0 Å². The lowest BCUT2D eigenvalue weighted by atomic mass is 11.3. The first-order valence-corrected chi connectivity index (χ1v) is 0.977. The smallest absolute Gasteiger partial charge is 0.145 e. The van der Waals surface area contributed by atoms with Crippen molar-refractivity contribution in [2.75, 3.05) is 7.11 Å². The van der Waals surface area contributed by atoms with Crippen LogP contribution in [0.25, 0.3) is 0 Å². The van der Waals surface area contributed by atoms with Crippen molar-refractivity contribution in [2.45, 2.75) is 0 Å². The second-order valence-corrected chi connectivity index (χ2v) is 0.372. The lowest BCUT2D eigenvalue weighted by Crippen LogP contribution is -1.89. The van der Waals surface area contributed by atoms with E-state index in [4.69, 9.17) is 0 Å². The van der Waals surface area contributed by atoms with Crippen LogP contribution in [0.15, 0.2) is 0 Å². The van der Waals surface area contributed by atoms with Gasteiger partial charge in [0.1, 0.15) is 6.73 Å². The molecule has 0 unspecified atom stereocenters. The molecule has 0 saturated carbocycles. The zero-order chi connectivity index (χ0) is 3.41. The summed E-state index contributed by atoms with van der Waals surface area (Å²) in [6, 6.07) is 0. The molecular weight excluding hydrogens is 54.0 g/mol. The summed E-state index contributed by atoms with van der Waals surface area (Å²) < 4.78 is 4.19. The molecule has 0 fully saturated rings. The molecule has 0 aliphatic rings. The van der Waals surface area contributed by atoms with Gasteiger partial charge >= 0.3 is 0 Å². The zero-order valence-electron chi connectivity index (χ0n) is 2.56. The average molecular weight is 60.1 g/mol. The monoisotopic (exact) mass is 60.0 g/mol. The second kappa shape index (κ2) is 2.92. The fourth-order valence-corrected chi connectivity index (χ4v) is 0. The highest BCUT2D eigenvalue weighted by atomic mass is 16.5. The van der Waals surface area contributed by atoms with E-state index in [1.54, 1.807) is 0 Å². The number of rotatable bonds is 1. The lowest BCUT2D eigenvalue weighted by molar-refractivity contribution is 0.276. The molecule has 0 saturated heterocycles. The van der Waals surface area contributed by atoms with Crippen LogP contribution in [0, 0.1) is 6.73 Å². The fourth-order valence-electron chi connectivity index (χ4n) is 0. The molecule has 0 aromatic heterocycles. The number of hydrogen-bond acceptors (Lipinski definition) is 2. The summed E-state index contributed by atoms with van der Waals surface area (Å²) >= 11 is 0. The molecule has 0 rings (SSSR count). The molecular formula is C2H6NO. The molecule has 4 heavy (non-hydrogen) atoms. The van der Waals surface area contributed by atoms with Crippen molar-refractivity contribution in [3.8, 4) is 0 Å². The number of ether oxygens (including phenoxy) is 1. The molecule has 2 heteroatoms. The molecule has 0 aromatic rings. The maximum absolute atomic E-state index is 4.68. The van der Waals surface area contributed by atoms with Gasteiger partial charge in [0.2, 0.25) is 0 Å². The van der Waals surface area contributed by atoms with E-state index in [1.807, 2.05) is 0 Å². The normalized spacial score (nSPS) is 7.50. The topological polar surface area (TPSA) is 35.2 Å². The van der Waals surface area contributed by atoms with Gasteiger partial charge in [-0.15, -0.1) is 0 Å².